The molecule has 0 saturated carbocycles. The molecule has 0 radical (unpaired) electrons. The predicted octanol–water partition coefficient (Wildman–Crippen LogP) is 3.91. The van der Waals surface area contributed by atoms with Crippen LogP contribution in [-0.4, -0.2) is 37.3 Å². The number of nitrogens with zero attached hydrogens (tertiary/aromatic N) is 5. The van der Waals surface area contributed by atoms with Gasteiger partial charge in [-0.1, -0.05) is 28.9 Å². The molecule has 2 unspecified atom stereocenters. The summed E-state index contributed by atoms with van der Waals surface area (Å²) in [5, 5.41) is 5.54. The quantitative estimate of drug-likeness (QED) is 0.473. The smallest absolute Gasteiger partial charge is 0.252 e. The maximum atomic E-state index is 4.43. The van der Waals surface area contributed by atoms with E-state index in [9.17, 15) is 0 Å². The molecule has 2 aromatic heterocycles. The van der Waals surface area contributed by atoms with Crippen LogP contribution in [0.15, 0.2) is 35.1 Å². The fourth-order valence-corrected chi connectivity index (χ4v) is 4.13. The van der Waals surface area contributed by atoms with Gasteiger partial charge in [0.05, 0.1) is 5.69 Å². The Morgan fingerprint density at radius 3 is 2.85 bits per heavy atom. The summed E-state index contributed by atoms with van der Waals surface area (Å²) in [7, 11) is 5.64. The standard InChI is InChI=1S/C19H26BrN5P2/c1-13(17-8-14(2)23-19-21-11-22-25(17)19)4-3-7-24(12-26)10-15-5-6-16(20)18(27)9-15/h5-6,8-9,11,13H,3-4,7,10,12,26-27H2,1-2H3/t13-/m1/s1. The fourth-order valence-electron chi connectivity index (χ4n) is 3.26. The Balaban J connectivity index is 1.58. The molecule has 0 aliphatic heterocycles. The molecular weight excluding hydrogens is 440 g/mol. The van der Waals surface area contributed by atoms with Crippen molar-refractivity contribution in [3.63, 3.8) is 0 Å². The van der Waals surface area contributed by atoms with Gasteiger partial charge in [0.1, 0.15) is 6.33 Å². The number of fused-ring (bicyclic) bond motifs is 1. The summed E-state index contributed by atoms with van der Waals surface area (Å²) in [6.07, 6.45) is 4.79. The van der Waals surface area contributed by atoms with E-state index in [1.165, 1.54) is 16.6 Å². The summed E-state index contributed by atoms with van der Waals surface area (Å²) in [5.74, 6) is 1.10. The highest BCUT2D eigenvalue weighted by Crippen LogP contribution is 2.22. The van der Waals surface area contributed by atoms with Crippen LogP contribution in [0, 0.1) is 6.92 Å². The van der Waals surface area contributed by atoms with Gasteiger partial charge in [-0.15, -0.1) is 18.5 Å². The Bertz CT molecular complexity index is 914. The zero-order valence-electron chi connectivity index (χ0n) is 15.8. The molecule has 8 heteroatoms. The molecule has 0 spiro atoms. The van der Waals surface area contributed by atoms with Crippen LogP contribution in [0.5, 0.6) is 0 Å². The van der Waals surface area contributed by atoms with Crippen molar-refractivity contribution < 1.29 is 0 Å². The van der Waals surface area contributed by atoms with E-state index >= 15 is 0 Å². The fraction of sp³-hybridized carbons (Fsp3) is 0.421. The summed E-state index contributed by atoms with van der Waals surface area (Å²) in [5.41, 5.74) is 3.52. The van der Waals surface area contributed by atoms with Crippen molar-refractivity contribution >= 4 is 45.5 Å². The average molecular weight is 466 g/mol. The zero-order valence-corrected chi connectivity index (χ0v) is 19.7. The zero-order chi connectivity index (χ0) is 19.4. The van der Waals surface area contributed by atoms with Crippen LogP contribution in [0.1, 0.15) is 42.6 Å². The molecule has 0 aliphatic carbocycles. The Morgan fingerprint density at radius 2 is 2.11 bits per heavy atom. The van der Waals surface area contributed by atoms with Crippen molar-refractivity contribution in [3.8, 4) is 0 Å². The van der Waals surface area contributed by atoms with Gasteiger partial charge in [-0.3, -0.25) is 4.90 Å². The molecule has 0 N–H and O–H groups in total. The van der Waals surface area contributed by atoms with Crippen molar-refractivity contribution in [1.82, 2.24) is 24.5 Å². The first-order valence-corrected chi connectivity index (χ1v) is 11.3. The van der Waals surface area contributed by atoms with Crippen LogP contribution in [-0.2, 0) is 6.54 Å². The summed E-state index contributed by atoms with van der Waals surface area (Å²) in [6, 6.07) is 8.67. The number of aryl methyl sites for hydroxylation is 1. The monoisotopic (exact) mass is 465 g/mol. The number of aromatic nitrogens is 4. The SMILES string of the molecule is Cc1cc([C@H](C)CCCN(CP)Cc2ccc(Br)c(P)c2)n2ncnc2n1. The second-order valence-corrected chi connectivity index (χ2v) is 8.77. The first kappa shape index (κ1) is 20.8. The highest BCUT2D eigenvalue weighted by Gasteiger charge is 2.14. The van der Waals surface area contributed by atoms with Crippen molar-refractivity contribution in [2.75, 3.05) is 12.8 Å². The number of hydrogen-bond donors (Lipinski definition) is 0. The summed E-state index contributed by atoms with van der Waals surface area (Å²) >= 11 is 3.56. The van der Waals surface area contributed by atoms with Crippen LogP contribution in [0.4, 0.5) is 0 Å². The maximum absolute atomic E-state index is 4.43. The van der Waals surface area contributed by atoms with Crippen LogP contribution in [0.3, 0.4) is 0 Å². The normalized spacial score (nSPS) is 12.8. The van der Waals surface area contributed by atoms with Gasteiger partial charge in [-0.05, 0) is 61.3 Å². The maximum Gasteiger partial charge on any atom is 0.252 e. The van der Waals surface area contributed by atoms with Crippen LogP contribution in [0.25, 0.3) is 5.78 Å². The molecular formula is C19H26BrN5P2. The third-order valence-corrected chi connectivity index (χ3v) is 6.89. The van der Waals surface area contributed by atoms with E-state index in [0.717, 1.165) is 42.4 Å². The van der Waals surface area contributed by atoms with Crippen LogP contribution in [0.2, 0.25) is 0 Å². The first-order chi connectivity index (χ1) is 13.0. The lowest BCUT2D eigenvalue weighted by atomic mass is 10.0. The third kappa shape index (κ3) is 5.32. The highest BCUT2D eigenvalue weighted by molar-refractivity contribution is 9.10. The van der Waals surface area contributed by atoms with Crippen molar-refractivity contribution in [1.29, 1.82) is 0 Å². The average Bonchev–Trinajstić information content (AvgIpc) is 3.11. The summed E-state index contributed by atoms with van der Waals surface area (Å²) < 4.78 is 3.00. The van der Waals surface area contributed by atoms with E-state index in [2.05, 4.69) is 85.6 Å². The minimum Gasteiger partial charge on any atom is -0.296 e. The van der Waals surface area contributed by atoms with Gasteiger partial charge < -0.3 is 0 Å². The van der Waals surface area contributed by atoms with Crippen LogP contribution < -0.4 is 5.30 Å². The molecule has 2 heterocycles. The number of halogens is 1. The molecule has 3 atom stereocenters. The highest BCUT2D eigenvalue weighted by atomic mass is 79.9. The Labute approximate surface area is 173 Å². The van der Waals surface area contributed by atoms with Gasteiger partial charge in [0.2, 0.25) is 0 Å². The van der Waals surface area contributed by atoms with Gasteiger partial charge >= 0.3 is 0 Å². The Morgan fingerprint density at radius 1 is 1.30 bits per heavy atom. The minimum absolute atomic E-state index is 0.411. The molecule has 1 aromatic carbocycles. The first-order valence-electron chi connectivity index (χ1n) is 9.11. The van der Waals surface area contributed by atoms with E-state index in [-0.39, 0.29) is 0 Å². The van der Waals surface area contributed by atoms with Gasteiger partial charge in [0.25, 0.3) is 5.78 Å². The lowest BCUT2D eigenvalue weighted by Crippen LogP contribution is -2.23. The molecule has 0 fully saturated rings. The second kappa shape index (κ2) is 9.52. The molecule has 0 saturated heterocycles. The van der Waals surface area contributed by atoms with E-state index in [4.69, 9.17) is 0 Å². The van der Waals surface area contributed by atoms with E-state index < -0.39 is 0 Å². The van der Waals surface area contributed by atoms with E-state index in [1.54, 1.807) is 6.33 Å². The van der Waals surface area contributed by atoms with Crippen LogP contribution >= 0.6 is 34.4 Å². The molecule has 3 aromatic rings. The van der Waals surface area contributed by atoms with E-state index in [1.807, 2.05) is 11.4 Å². The largest absolute Gasteiger partial charge is 0.296 e. The van der Waals surface area contributed by atoms with Crippen molar-refractivity contribution in [3.05, 3.63) is 52.0 Å². The lowest BCUT2D eigenvalue weighted by Gasteiger charge is -2.22. The molecule has 0 amide bonds. The molecule has 3 rings (SSSR count). The molecule has 0 bridgehead atoms. The molecule has 144 valence electrons. The number of rotatable bonds is 8. The van der Waals surface area contributed by atoms with Gasteiger partial charge in [-0.2, -0.15) is 10.1 Å². The summed E-state index contributed by atoms with van der Waals surface area (Å²) in [6.45, 7) is 6.31. The van der Waals surface area contributed by atoms with Gasteiger partial charge in [0, 0.05) is 23.0 Å². The van der Waals surface area contributed by atoms with Gasteiger partial charge in [0.15, 0.2) is 0 Å². The Kier molecular flexibility index (Phi) is 7.33. The second-order valence-electron chi connectivity index (χ2n) is 6.93. The van der Waals surface area contributed by atoms with Gasteiger partial charge in [-0.25, -0.2) is 9.50 Å². The molecule has 5 nitrogen and oxygen atoms in total. The lowest BCUT2D eigenvalue weighted by molar-refractivity contribution is 0.301. The molecule has 27 heavy (non-hydrogen) atoms. The summed E-state index contributed by atoms with van der Waals surface area (Å²) in [4.78, 5) is 11.1. The number of benzene rings is 1. The third-order valence-electron chi connectivity index (χ3n) is 4.75. The minimum atomic E-state index is 0.411. The van der Waals surface area contributed by atoms with E-state index in [0.29, 0.717) is 11.7 Å². The number of hydrogen-bond acceptors (Lipinski definition) is 4. The Hall–Kier alpha value is -0.930. The molecule has 0 aliphatic rings. The predicted molar refractivity (Wildman–Crippen MR) is 122 cm³/mol. The van der Waals surface area contributed by atoms with Crippen molar-refractivity contribution in [2.45, 2.75) is 39.2 Å². The topological polar surface area (TPSA) is 46.3 Å². The van der Waals surface area contributed by atoms with Crippen molar-refractivity contribution in [2.24, 2.45) is 0 Å².